The van der Waals surface area contributed by atoms with Gasteiger partial charge < -0.3 is 4.90 Å². The van der Waals surface area contributed by atoms with Gasteiger partial charge in [-0.05, 0) is 72.5 Å². The van der Waals surface area contributed by atoms with E-state index >= 15 is 0 Å². The normalized spacial score (nSPS) is 14.7. The molecule has 0 spiro atoms. The predicted molar refractivity (Wildman–Crippen MR) is 92.0 cm³/mol. The summed E-state index contributed by atoms with van der Waals surface area (Å²) >= 11 is 9.62. The van der Waals surface area contributed by atoms with Gasteiger partial charge in [0.2, 0.25) is 0 Å². The van der Waals surface area contributed by atoms with Gasteiger partial charge in [-0.25, -0.2) is 0 Å². The first kappa shape index (κ1) is 16.4. The van der Waals surface area contributed by atoms with Crippen molar-refractivity contribution in [3.63, 3.8) is 0 Å². The number of amides is 1. The lowest BCUT2D eigenvalue weighted by atomic mass is 10.0. The quantitative estimate of drug-likeness (QED) is 0.738. The van der Waals surface area contributed by atoms with E-state index in [1.807, 2.05) is 26.8 Å². The monoisotopic (exact) mass is 397 g/mol. The van der Waals surface area contributed by atoms with Gasteiger partial charge in [-0.15, -0.1) is 10.2 Å². The molecule has 1 aromatic carbocycles. The van der Waals surface area contributed by atoms with E-state index in [-0.39, 0.29) is 17.3 Å². The molecular weight excluding hydrogens is 382 g/mol. The number of rotatable bonds is 1. The maximum Gasteiger partial charge on any atom is 0.299 e. The van der Waals surface area contributed by atoms with Gasteiger partial charge in [0.05, 0.1) is 11.2 Å². The molecule has 8 heteroatoms. The Morgan fingerprint density at radius 2 is 2.09 bits per heavy atom. The molecule has 0 saturated heterocycles. The standard InChI is InChI=1S/C15H17BrClN5O/c1-15(2,3)22-19-13(18-20-22)14(23)21-6-4-5-9-7-10(17)8-11(16)12(9)21/h7-8H,4-6H2,1-3H3. The third kappa shape index (κ3) is 3.12. The molecule has 1 aliphatic rings. The summed E-state index contributed by atoms with van der Waals surface area (Å²) in [4.78, 5) is 16.0. The van der Waals surface area contributed by atoms with Crippen molar-refractivity contribution in [3.05, 3.63) is 33.0 Å². The molecule has 0 bridgehead atoms. The van der Waals surface area contributed by atoms with Crippen LogP contribution in [0.4, 0.5) is 5.69 Å². The molecule has 2 aromatic rings. The summed E-state index contributed by atoms with van der Waals surface area (Å²) in [5.41, 5.74) is 1.57. The molecule has 3 rings (SSSR count). The number of halogens is 2. The van der Waals surface area contributed by atoms with Crippen LogP contribution in [0.15, 0.2) is 16.6 Å². The number of carbonyl (C=O) groups excluding carboxylic acids is 1. The highest BCUT2D eigenvalue weighted by Crippen LogP contribution is 2.37. The summed E-state index contributed by atoms with van der Waals surface area (Å²) < 4.78 is 0.802. The van der Waals surface area contributed by atoms with Crippen molar-refractivity contribution in [2.75, 3.05) is 11.4 Å². The molecule has 6 nitrogen and oxygen atoms in total. The second-order valence-electron chi connectivity index (χ2n) is 6.53. The average Bonchev–Trinajstić information content (AvgIpc) is 2.95. The van der Waals surface area contributed by atoms with Crippen molar-refractivity contribution in [1.29, 1.82) is 0 Å². The molecule has 1 aromatic heterocycles. The smallest absolute Gasteiger partial charge is 0.299 e. The zero-order valence-corrected chi connectivity index (χ0v) is 15.5. The number of carbonyl (C=O) groups is 1. The molecule has 122 valence electrons. The molecule has 1 aliphatic heterocycles. The lowest BCUT2D eigenvalue weighted by Crippen LogP contribution is -2.36. The highest BCUT2D eigenvalue weighted by Gasteiger charge is 2.29. The molecule has 1 amide bonds. The van der Waals surface area contributed by atoms with Gasteiger partial charge in [0.1, 0.15) is 0 Å². The van der Waals surface area contributed by atoms with E-state index < -0.39 is 0 Å². The van der Waals surface area contributed by atoms with Gasteiger partial charge in [0.15, 0.2) is 0 Å². The summed E-state index contributed by atoms with van der Waals surface area (Å²) in [7, 11) is 0. The third-order valence-electron chi connectivity index (χ3n) is 3.65. The Labute approximate surface area is 147 Å². The van der Waals surface area contributed by atoms with Crippen LogP contribution in [0, 0.1) is 0 Å². The van der Waals surface area contributed by atoms with Gasteiger partial charge in [0, 0.05) is 16.0 Å². The predicted octanol–water partition coefficient (Wildman–Crippen LogP) is 3.44. The number of benzene rings is 1. The third-order valence-corrected chi connectivity index (χ3v) is 4.48. The van der Waals surface area contributed by atoms with Crippen LogP contribution in [0.5, 0.6) is 0 Å². The Bertz CT molecular complexity index is 768. The van der Waals surface area contributed by atoms with Crippen LogP contribution in [0.25, 0.3) is 0 Å². The van der Waals surface area contributed by atoms with Crippen molar-refractivity contribution in [2.24, 2.45) is 0 Å². The Hall–Kier alpha value is -1.47. The highest BCUT2D eigenvalue weighted by molar-refractivity contribution is 9.10. The summed E-state index contributed by atoms with van der Waals surface area (Å²) in [6.45, 7) is 6.49. The number of anilines is 1. The summed E-state index contributed by atoms with van der Waals surface area (Å²) in [5, 5.41) is 12.8. The first-order valence-electron chi connectivity index (χ1n) is 7.37. The van der Waals surface area contributed by atoms with Crippen molar-refractivity contribution in [2.45, 2.75) is 39.2 Å². The summed E-state index contributed by atoms with van der Waals surface area (Å²) in [6, 6.07) is 3.70. The minimum absolute atomic E-state index is 0.106. The second-order valence-corrected chi connectivity index (χ2v) is 7.82. The molecule has 0 atom stereocenters. The molecule has 0 saturated carbocycles. The van der Waals surface area contributed by atoms with Crippen molar-refractivity contribution < 1.29 is 4.79 Å². The lowest BCUT2D eigenvalue weighted by Gasteiger charge is -2.29. The number of tetrazole rings is 1. The van der Waals surface area contributed by atoms with Gasteiger partial charge in [-0.2, -0.15) is 4.80 Å². The van der Waals surface area contributed by atoms with Crippen LogP contribution in [-0.2, 0) is 12.0 Å². The highest BCUT2D eigenvalue weighted by atomic mass is 79.9. The maximum absolute atomic E-state index is 12.8. The fourth-order valence-corrected chi connectivity index (χ4v) is 3.65. The molecule has 0 N–H and O–H groups in total. The topological polar surface area (TPSA) is 63.9 Å². The van der Waals surface area contributed by atoms with E-state index in [2.05, 4.69) is 31.3 Å². The minimum atomic E-state index is -0.320. The number of aromatic nitrogens is 4. The van der Waals surface area contributed by atoms with E-state index in [0.29, 0.717) is 11.6 Å². The van der Waals surface area contributed by atoms with E-state index in [1.54, 1.807) is 11.0 Å². The van der Waals surface area contributed by atoms with Crippen LogP contribution in [0.3, 0.4) is 0 Å². The van der Waals surface area contributed by atoms with E-state index in [1.165, 1.54) is 4.80 Å². The maximum atomic E-state index is 12.8. The summed E-state index contributed by atoms with van der Waals surface area (Å²) in [6.07, 6.45) is 1.76. The van der Waals surface area contributed by atoms with Crippen LogP contribution in [-0.4, -0.2) is 32.7 Å². The van der Waals surface area contributed by atoms with Crippen LogP contribution >= 0.6 is 27.5 Å². The van der Waals surface area contributed by atoms with Crippen molar-refractivity contribution in [1.82, 2.24) is 20.2 Å². The van der Waals surface area contributed by atoms with E-state index in [0.717, 1.165) is 28.6 Å². The van der Waals surface area contributed by atoms with Crippen LogP contribution in [0.1, 0.15) is 43.4 Å². The molecular formula is C15H17BrClN5O. The summed E-state index contributed by atoms with van der Waals surface area (Å²) in [5.74, 6) is -0.140. The van der Waals surface area contributed by atoms with Gasteiger partial charge in [0.25, 0.3) is 11.7 Å². The Morgan fingerprint density at radius 3 is 2.74 bits per heavy atom. The zero-order chi connectivity index (χ0) is 16.8. The Kier molecular flexibility index (Phi) is 4.18. The molecule has 0 fully saturated rings. The second kappa shape index (κ2) is 5.87. The number of hydrogen-bond donors (Lipinski definition) is 0. The van der Waals surface area contributed by atoms with Crippen molar-refractivity contribution in [3.8, 4) is 0 Å². The van der Waals surface area contributed by atoms with Crippen LogP contribution < -0.4 is 4.90 Å². The molecule has 2 heterocycles. The van der Waals surface area contributed by atoms with Gasteiger partial charge in [-0.3, -0.25) is 4.79 Å². The van der Waals surface area contributed by atoms with Crippen molar-refractivity contribution >= 4 is 39.1 Å². The van der Waals surface area contributed by atoms with E-state index in [4.69, 9.17) is 11.6 Å². The molecule has 23 heavy (non-hydrogen) atoms. The molecule has 0 unspecified atom stereocenters. The van der Waals surface area contributed by atoms with Gasteiger partial charge >= 0.3 is 0 Å². The van der Waals surface area contributed by atoms with E-state index in [9.17, 15) is 4.79 Å². The molecule has 0 radical (unpaired) electrons. The number of nitrogens with zero attached hydrogens (tertiary/aromatic N) is 5. The zero-order valence-electron chi connectivity index (χ0n) is 13.2. The SMILES string of the molecule is CC(C)(C)n1nnc(C(=O)N2CCCc3cc(Cl)cc(Br)c32)n1. The van der Waals surface area contributed by atoms with Crippen LogP contribution in [0.2, 0.25) is 5.02 Å². The lowest BCUT2D eigenvalue weighted by molar-refractivity contribution is 0.0974. The minimum Gasteiger partial charge on any atom is -0.304 e. The number of aryl methyl sites for hydroxylation is 1. The number of hydrogen-bond acceptors (Lipinski definition) is 4. The Balaban J connectivity index is 1.98. The number of fused-ring (bicyclic) bond motifs is 1. The fraction of sp³-hybridized carbons (Fsp3) is 0.467. The fourth-order valence-electron chi connectivity index (χ4n) is 2.56. The Morgan fingerprint density at radius 1 is 1.35 bits per heavy atom. The first-order chi connectivity index (χ1) is 10.8. The first-order valence-corrected chi connectivity index (χ1v) is 8.55. The molecule has 0 aliphatic carbocycles. The van der Waals surface area contributed by atoms with Gasteiger partial charge in [-0.1, -0.05) is 11.6 Å². The largest absolute Gasteiger partial charge is 0.304 e. The average molecular weight is 399 g/mol.